The summed E-state index contributed by atoms with van der Waals surface area (Å²) in [5.41, 5.74) is 9.12. The zero-order chi connectivity index (χ0) is 13.0. The highest BCUT2D eigenvalue weighted by atomic mass is 16.5. The van der Waals surface area contributed by atoms with Gasteiger partial charge in [0.15, 0.2) is 0 Å². The molecule has 3 heteroatoms. The summed E-state index contributed by atoms with van der Waals surface area (Å²) in [6.45, 7) is 2.39. The lowest BCUT2D eigenvalue weighted by molar-refractivity contribution is 0.306. The predicted octanol–water partition coefficient (Wildman–Crippen LogP) is 3.03. The Morgan fingerprint density at radius 2 is 2.06 bits per heavy atom. The number of nitrogens with zero attached hydrogens (tertiary/aromatic N) is 1. The third-order valence-electron chi connectivity index (χ3n) is 2.70. The molecule has 0 unspecified atom stereocenters. The van der Waals surface area contributed by atoms with E-state index in [1.54, 1.807) is 6.07 Å². The molecule has 0 heterocycles. The summed E-state index contributed by atoms with van der Waals surface area (Å²) in [5.74, 6) is 0.782. The summed E-state index contributed by atoms with van der Waals surface area (Å²) < 4.78 is 5.66. The maximum Gasteiger partial charge on any atom is 0.120 e. The molecule has 0 fully saturated rings. The molecule has 90 valence electrons. The number of nitrogens with two attached hydrogens (primary N) is 1. The van der Waals surface area contributed by atoms with E-state index in [2.05, 4.69) is 6.07 Å². The Morgan fingerprint density at radius 3 is 2.78 bits per heavy atom. The molecule has 0 atom stereocenters. The second-order valence-corrected chi connectivity index (χ2v) is 4.12. The Labute approximate surface area is 106 Å². The van der Waals surface area contributed by atoms with E-state index in [9.17, 15) is 0 Å². The zero-order valence-corrected chi connectivity index (χ0v) is 10.2. The molecule has 2 aromatic rings. The fraction of sp³-hybridized carbons (Fsp3) is 0.133. The molecule has 0 amide bonds. The van der Waals surface area contributed by atoms with Gasteiger partial charge in [0.05, 0.1) is 11.6 Å². The van der Waals surface area contributed by atoms with E-state index in [1.807, 2.05) is 43.3 Å². The third-order valence-corrected chi connectivity index (χ3v) is 2.70. The highest BCUT2D eigenvalue weighted by Gasteiger charge is 2.00. The number of aryl methyl sites for hydroxylation is 1. The molecular weight excluding hydrogens is 224 g/mol. The SMILES string of the molecule is Cc1cc(OCc2cccc(C#N)c2)ccc1N. The average molecular weight is 238 g/mol. The number of hydrogen-bond donors (Lipinski definition) is 1. The number of nitriles is 1. The number of anilines is 1. The topological polar surface area (TPSA) is 59.0 Å². The van der Waals surface area contributed by atoms with Gasteiger partial charge in [-0.15, -0.1) is 0 Å². The summed E-state index contributed by atoms with van der Waals surface area (Å²) in [4.78, 5) is 0. The van der Waals surface area contributed by atoms with Crippen molar-refractivity contribution in [3.8, 4) is 11.8 Å². The van der Waals surface area contributed by atoms with Crippen molar-refractivity contribution in [1.29, 1.82) is 5.26 Å². The normalized spacial score (nSPS) is 9.78. The molecule has 0 spiro atoms. The fourth-order valence-corrected chi connectivity index (χ4v) is 1.64. The van der Waals surface area contributed by atoms with E-state index in [-0.39, 0.29) is 0 Å². The summed E-state index contributed by atoms with van der Waals surface area (Å²) in [5, 5.41) is 8.81. The maximum absolute atomic E-state index is 8.81. The van der Waals surface area contributed by atoms with Gasteiger partial charge in [-0.2, -0.15) is 5.26 Å². The van der Waals surface area contributed by atoms with Gasteiger partial charge in [-0.05, 0) is 48.4 Å². The third kappa shape index (κ3) is 2.80. The van der Waals surface area contributed by atoms with Crippen LogP contribution in [0.1, 0.15) is 16.7 Å². The van der Waals surface area contributed by atoms with Crippen molar-refractivity contribution in [2.45, 2.75) is 13.5 Å². The first-order chi connectivity index (χ1) is 8.69. The summed E-state index contributed by atoms with van der Waals surface area (Å²) in [6, 6.07) is 15.1. The van der Waals surface area contributed by atoms with E-state index in [0.717, 1.165) is 22.6 Å². The maximum atomic E-state index is 8.81. The van der Waals surface area contributed by atoms with Gasteiger partial charge in [-0.1, -0.05) is 12.1 Å². The van der Waals surface area contributed by atoms with Crippen LogP contribution in [0.2, 0.25) is 0 Å². The van der Waals surface area contributed by atoms with Crippen LogP contribution in [-0.2, 0) is 6.61 Å². The van der Waals surface area contributed by atoms with Crippen molar-refractivity contribution in [1.82, 2.24) is 0 Å². The Bertz CT molecular complexity index is 600. The molecule has 0 aliphatic heterocycles. The van der Waals surface area contributed by atoms with Crippen molar-refractivity contribution in [3.05, 3.63) is 59.2 Å². The van der Waals surface area contributed by atoms with Crippen LogP contribution in [0.25, 0.3) is 0 Å². The van der Waals surface area contributed by atoms with Crippen LogP contribution in [0.15, 0.2) is 42.5 Å². The van der Waals surface area contributed by atoms with Crippen LogP contribution in [0.4, 0.5) is 5.69 Å². The first-order valence-corrected chi connectivity index (χ1v) is 5.67. The molecule has 0 aliphatic rings. The molecule has 0 aromatic heterocycles. The lowest BCUT2D eigenvalue weighted by Gasteiger charge is -2.08. The lowest BCUT2D eigenvalue weighted by atomic mass is 10.1. The van der Waals surface area contributed by atoms with Crippen molar-refractivity contribution in [3.63, 3.8) is 0 Å². The molecule has 2 rings (SSSR count). The largest absolute Gasteiger partial charge is 0.489 e. The predicted molar refractivity (Wildman–Crippen MR) is 71.1 cm³/mol. The molecule has 3 nitrogen and oxygen atoms in total. The van der Waals surface area contributed by atoms with Crippen molar-refractivity contribution < 1.29 is 4.74 Å². The van der Waals surface area contributed by atoms with Crippen LogP contribution < -0.4 is 10.5 Å². The number of ether oxygens (including phenoxy) is 1. The monoisotopic (exact) mass is 238 g/mol. The minimum absolute atomic E-state index is 0.443. The fourth-order valence-electron chi connectivity index (χ4n) is 1.64. The first kappa shape index (κ1) is 12.0. The number of rotatable bonds is 3. The van der Waals surface area contributed by atoms with E-state index >= 15 is 0 Å². The highest BCUT2D eigenvalue weighted by Crippen LogP contribution is 2.19. The summed E-state index contributed by atoms with van der Waals surface area (Å²) in [6.07, 6.45) is 0. The smallest absolute Gasteiger partial charge is 0.120 e. The van der Waals surface area contributed by atoms with Gasteiger partial charge in [0.25, 0.3) is 0 Å². The molecule has 0 saturated heterocycles. The van der Waals surface area contributed by atoms with Crippen LogP contribution in [0, 0.1) is 18.3 Å². The standard InChI is InChI=1S/C15H14N2O/c1-11-7-14(5-6-15(11)17)18-10-13-4-2-3-12(8-13)9-16/h2-8H,10,17H2,1H3. The Kier molecular flexibility index (Phi) is 3.49. The zero-order valence-electron chi connectivity index (χ0n) is 10.2. The second kappa shape index (κ2) is 5.24. The van der Waals surface area contributed by atoms with Gasteiger partial charge < -0.3 is 10.5 Å². The van der Waals surface area contributed by atoms with Gasteiger partial charge in [-0.25, -0.2) is 0 Å². The summed E-state index contributed by atoms with van der Waals surface area (Å²) in [7, 11) is 0. The van der Waals surface area contributed by atoms with Crippen LogP contribution in [0.5, 0.6) is 5.75 Å². The van der Waals surface area contributed by atoms with Crippen molar-refractivity contribution in [2.75, 3.05) is 5.73 Å². The van der Waals surface area contributed by atoms with Gasteiger partial charge in [0.1, 0.15) is 12.4 Å². The second-order valence-electron chi connectivity index (χ2n) is 4.12. The molecule has 2 N–H and O–H groups in total. The highest BCUT2D eigenvalue weighted by molar-refractivity contribution is 5.49. The first-order valence-electron chi connectivity index (χ1n) is 5.67. The molecule has 0 radical (unpaired) electrons. The Hall–Kier alpha value is -2.47. The minimum Gasteiger partial charge on any atom is -0.489 e. The van der Waals surface area contributed by atoms with E-state index < -0.39 is 0 Å². The summed E-state index contributed by atoms with van der Waals surface area (Å²) >= 11 is 0. The quantitative estimate of drug-likeness (QED) is 0.836. The van der Waals surface area contributed by atoms with Crippen LogP contribution in [-0.4, -0.2) is 0 Å². The van der Waals surface area contributed by atoms with Gasteiger partial charge in [-0.3, -0.25) is 0 Å². The molecule has 2 aromatic carbocycles. The van der Waals surface area contributed by atoms with Crippen molar-refractivity contribution in [2.24, 2.45) is 0 Å². The average Bonchev–Trinajstić information content (AvgIpc) is 2.40. The molecule has 0 bridgehead atoms. The van der Waals surface area contributed by atoms with Crippen molar-refractivity contribution >= 4 is 5.69 Å². The van der Waals surface area contributed by atoms with Gasteiger partial charge in [0, 0.05) is 5.69 Å². The van der Waals surface area contributed by atoms with Gasteiger partial charge in [0.2, 0.25) is 0 Å². The minimum atomic E-state index is 0.443. The van der Waals surface area contributed by atoms with Gasteiger partial charge >= 0.3 is 0 Å². The lowest BCUT2D eigenvalue weighted by Crippen LogP contribution is -1.97. The van der Waals surface area contributed by atoms with E-state index in [0.29, 0.717) is 12.2 Å². The van der Waals surface area contributed by atoms with Crippen LogP contribution >= 0.6 is 0 Å². The molecule has 0 saturated carbocycles. The molecular formula is C15H14N2O. The molecule has 18 heavy (non-hydrogen) atoms. The molecule has 0 aliphatic carbocycles. The Balaban J connectivity index is 2.07. The number of hydrogen-bond acceptors (Lipinski definition) is 3. The Morgan fingerprint density at radius 1 is 1.22 bits per heavy atom. The van der Waals surface area contributed by atoms with Crippen LogP contribution in [0.3, 0.4) is 0 Å². The van der Waals surface area contributed by atoms with E-state index in [1.165, 1.54) is 0 Å². The number of benzene rings is 2. The number of nitrogen functional groups attached to an aromatic ring is 1. The van der Waals surface area contributed by atoms with E-state index in [4.69, 9.17) is 15.7 Å².